The molecule has 1 N–H and O–H groups in total. The quantitative estimate of drug-likeness (QED) is 0.658. The van der Waals surface area contributed by atoms with Gasteiger partial charge in [0.25, 0.3) is 0 Å². The lowest BCUT2D eigenvalue weighted by Crippen LogP contribution is -2.07. The third-order valence-electron chi connectivity index (χ3n) is 3.54. The van der Waals surface area contributed by atoms with Crippen LogP contribution in [0.4, 0.5) is 15.9 Å². The highest BCUT2D eigenvalue weighted by Crippen LogP contribution is 2.31. The van der Waals surface area contributed by atoms with Crippen LogP contribution in [0.3, 0.4) is 0 Å². The third-order valence-corrected chi connectivity index (χ3v) is 5.17. The number of nitrogens with zero attached hydrogens (tertiary/aromatic N) is 2. The van der Waals surface area contributed by atoms with Crippen LogP contribution in [0.5, 0.6) is 0 Å². The number of carbonyl (C=O) groups is 1. The topological polar surface area (TPSA) is 81.2 Å². The van der Waals surface area contributed by atoms with E-state index in [-0.39, 0.29) is 17.3 Å². The number of hydrogen-bond donors (Lipinski definition) is 1. The number of nitrogens with one attached hydrogen (secondary N) is 1. The van der Waals surface area contributed by atoms with Gasteiger partial charge in [0, 0.05) is 17.9 Å². The molecule has 9 heteroatoms. The summed E-state index contributed by atoms with van der Waals surface area (Å²) in [7, 11) is 0.0346. The number of halogens is 2. The fourth-order valence-corrected chi connectivity index (χ4v) is 3.88. The van der Waals surface area contributed by atoms with Gasteiger partial charge in [-0.1, -0.05) is 6.07 Å². The summed E-state index contributed by atoms with van der Waals surface area (Å²) >= 11 is 5.89. The van der Waals surface area contributed by atoms with Gasteiger partial charge in [0.05, 0.1) is 30.0 Å². The molecule has 0 aliphatic carbocycles. The Morgan fingerprint density at radius 2 is 2.25 bits per heavy atom. The van der Waals surface area contributed by atoms with Crippen molar-refractivity contribution < 1.29 is 18.1 Å². The Morgan fingerprint density at radius 1 is 1.46 bits per heavy atom. The maximum atomic E-state index is 14.1. The maximum Gasteiger partial charge on any atom is 0.310 e. The molecular formula is C15H13ClFN3O3S. The summed E-state index contributed by atoms with van der Waals surface area (Å²) in [5.41, 5.74) is 1.27. The molecule has 0 amide bonds. The van der Waals surface area contributed by atoms with E-state index in [1.807, 2.05) is 0 Å². The normalized spacial score (nSPS) is 15.9. The van der Waals surface area contributed by atoms with E-state index in [2.05, 4.69) is 20.0 Å². The van der Waals surface area contributed by atoms with E-state index in [1.54, 1.807) is 6.07 Å². The van der Waals surface area contributed by atoms with Gasteiger partial charge in [0.1, 0.15) is 10.7 Å². The number of methoxy groups -OCH3 is 1. The van der Waals surface area contributed by atoms with E-state index in [1.165, 1.54) is 19.2 Å². The summed E-state index contributed by atoms with van der Waals surface area (Å²) in [6.07, 6.45) is 0.409. The predicted molar refractivity (Wildman–Crippen MR) is 87.4 cm³/mol. The Morgan fingerprint density at radius 3 is 2.96 bits per heavy atom. The first-order valence-corrected chi connectivity index (χ1v) is 8.74. The molecule has 1 aliphatic rings. The molecule has 2 heterocycles. The van der Waals surface area contributed by atoms with Crippen LogP contribution in [0.1, 0.15) is 11.3 Å². The van der Waals surface area contributed by atoms with Gasteiger partial charge in [-0.2, -0.15) is 4.98 Å². The summed E-state index contributed by atoms with van der Waals surface area (Å²) in [4.78, 5) is 19.9. The number of carbonyl (C=O) groups excluding carboxylic acids is 1. The van der Waals surface area contributed by atoms with Crippen molar-refractivity contribution in [3.63, 3.8) is 0 Å². The molecule has 0 unspecified atom stereocenters. The monoisotopic (exact) mass is 369 g/mol. The molecule has 1 atom stereocenters. The molecule has 0 fully saturated rings. The van der Waals surface area contributed by atoms with Crippen molar-refractivity contribution in [2.24, 2.45) is 0 Å². The van der Waals surface area contributed by atoms with Crippen molar-refractivity contribution in [2.75, 3.05) is 18.2 Å². The molecule has 0 radical (unpaired) electrons. The zero-order chi connectivity index (χ0) is 17.3. The van der Waals surface area contributed by atoms with Crippen molar-refractivity contribution >= 4 is 39.9 Å². The third kappa shape index (κ3) is 3.39. The van der Waals surface area contributed by atoms with Crippen LogP contribution in [-0.2, 0) is 33.2 Å². The highest BCUT2D eigenvalue weighted by atomic mass is 35.5. The number of hydrogen-bond acceptors (Lipinski definition) is 6. The Labute approximate surface area is 144 Å². The Kier molecular flexibility index (Phi) is 4.77. The van der Waals surface area contributed by atoms with Gasteiger partial charge in [-0.15, -0.1) is 0 Å². The zero-order valence-corrected chi connectivity index (χ0v) is 14.2. The van der Waals surface area contributed by atoms with Crippen LogP contribution in [0.25, 0.3) is 0 Å². The first kappa shape index (κ1) is 16.8. The highest BCUT2D eigenvalue weighted by Gasteiger charge is 2.25. The number of aryl methyl sites for hydroxylation is 1. The Bertz CT molecular complexity index is 847. The van der Waals surface area contributed by atoms with Crippen molar-refractivity contribution in [2.45, 2.75) is 17.7 Å². The lowest BCUT2D eigenvalue weighted by Gasteiger charge is -2.11. The molecule has 2 aromatic rings. The Balaban J connectivity index is 1.89. The molecule has 1 aromatic heterocycles. The molecule has 6 nitrogen and oxygen atoms in total. The number of benzene rings is 1. The highest BCUT2D eigenvalue weighted by molar-refractivity contribution is 7.85. The van der Waals surface area contributed by atoms with Crippen molar-refractivity contribution in [3.8, 4) is 0 Å². The predicted octanol–water partition coefficient (Wildman–Crippen LogP) is 2.39. The molecule has 24 heavy (non-hydrogen) atoms. The molecule has 1 aromatic carbocycles. The second kappa shape index (κ2) is 6.82. The van der Waals surface area contributed by atoms with E-state index < -0.39 is 22.6 Å². The van der Waals surface area contributed by atoms with E-state index in [4.69, 9.17) is 11.6 Å². The maximum absolute atomic E-state index is 14.1. The van der Waals surface area contributed by atoms with Crippen molar-refractivity contribution in [1.82, 2.24) is 9.97 Å². The molecule has 1 aliphatic heterocycles. The molecule has 126 valence electrons. The summed E-state index contributed by atoms with van der Waals surface area (Å²) in [6, 6.07) is 4.31. The van der Waals surface area contributed by atoms with Crippen molar-refractivity contribution in [3.05, 3.63) is 40.6 Å². The molecular weight excluding hydrogens is 357 g/mol. The average molecular weight is 370 g/mol. The van der Waals surface area contributed by atoms with E-state index >= 15 is 0 Å². The lowest BCUT2D eigenvalue weighted by molar-refractivity contribution is -0.139. The van der Waals surface area contributed by atoms with Crippen molar-refractivity contribution in [1.29, 1.82) is 0 Å². The molecule has 0 saturated carbocycles. The minimum atomic E-state index is -1.21. The minimum Gasteiger partial charge on any atom is -0.469 e. The van der Waals surface area contributed by atoms with Crippen LogP contribution < -0.4 is 5.32 Å². The van der Waals surface area contributed by atoms with Crippen LogP contribution in [0.2, 0.25) is 5.28 Å². The largest absolute Gasteiger partial charge is 0.469 e. The Hall–Kier alpha value is -2.06. The number of aromatic nitrogens is 2. The molecule has 0 spiro atoms. The average Bonchev–Trinajstić information content (AvgIpc) is 2.91. The number of fused-ring (bicyclic) bond motifs is 1. The summed E-state index contributed by atoms with van der Waals surface area (Å²) in [5, 5.41) is 2.97. The number of esters is 1. The second-order valence-electron chi connectivity index (χ2n) is 5.10. The summed E-state index contributed by atoms with van der Waals surface area (Å²) in [6.45, 7) is 0. The van der Waals surface area contributed by atoms with Gasteiger partial charge in [-0.25, -0.2) is 9.37 Å². The first-order chi connectivity index (χ1) is 11.5. The fourth-order valence-electron chi connectivity index (χ4n) is 2.38. The first-order valence-electron chi connectivity index (χ1n) is 7.05. The summed E-state index contributed by atoms with van der Waals surface area (Å²) in [5.74, 6) is -0.305. The number of rotatable bonds is 4. The van der Waals surface area contributed by atoms with E-state index in [0.29, 0.717) is 34.3 Å². The van der Waals surface area contributed by atoms with Gasteiger partial charge in [0.15, 0.2) is 5.82 Å². The molecule has 0 bridgehead atoms. The van der Waals surface area contributed by atoms with Crippen LogP contribution >= 0.6 is 11.6 Å². The zero-order valence-electron chi connectivity index (χ0n) is 12.6. The van der Waals surface area contributed by atoms with Gasteiger partial charge < -0.3 is 10.1 Å². The van der Waals surface area contributed by atoms with E-state index in [9.17, 15) is 13.4 Å². The van der Waals surface area contributed by atoms with Gasteiger partial charge >= 0.3 is 5.97 Å². The van der Waals surface area contributed by atoms with E-state index in [0.717, 1.165) is 0 Å². The standard InChI is InChI=1S/C15H13ClFN3O3S/c1-23-12(21)6-8-2-3-9(7-10(8)17)18-14-13-11(4-5-24(13)22)19-15(16)20-14/h2-3,7H,4-6H2,1H3,(H,18,19,20)/t24-/m1/s1. The van der Waals surface area contributed by atoms with Crippen LogP contribution in [0.15, 0.2) is 23.1 Å². The van der Waals surface area contributed by atoms with Gasteiger partial charge in [-0.3, -0.25) is 9.00 Å². The molecule has 3 rings (SSSR count). The van der Waals surface area contributed by atoms with Gasteiger partial charge in [-0.05, 0) is 29.3 Å². The summed E-state index contributed by atoms with van der Waals surface area (Å²) < 4.78 is 30.7. The minimum absolute atomic E-state index is 0.0398. The number of anilines is 2. The van der Waals surface area contributed by atoms with Gasteiger partial charge in [0.2, 0.25) is 5.28 Å². The lowest BCUT2D eigenvalue weighted by atomic mass is 10.1. The second-order valence-corrected chi connectivity index (χ2v) is 6.95. The fraction of sp³-hybridized carbons (Fsp3) is 0.267. The number of ether oxygens (including phenoxy) is 1. The SMILES string of the molecule is COC(=O)Cc1ccc(Nc2nc(Cl)nc3c2[S@](=O)CC3)cc1F. The van der Waals surface area contributed by atoms with Crippen LogP contribution in [0, 0.1) is 5.82 Å². The van der Waals surface area contributed by atoms with Crippen LogP contribution in [-0.4, -0.2) is 33.0 Å². The smallest absolute Gasteiger partial charge is 0.310 e. The molecule has 0 saturated heterocycles.